The molecule has 1 fully saturated rings. The van der Waals surface area contributed by atoms with Gasteiger partial charge in [0.05, 0.1) is 10.9 Å². The molecule has 0 bridgehead atoms. The number of nitrogens with zero attached hydrogens (tertiary/aromatic N) is 3. The van der Waals surface area contributed by atoms with Crippen molar-refractivity contribution >= 4 is 34.5 Å². The van der Waals surface area contributed by atoms with Gasteiger partial charge in [-0.05, 0) is 83.0 Å². The van der Waals surface area contributed by atoms with E-state index in [9.17, 15) is 9.59 Å². The van der Waals surface area contributed by atoms with Crippen LogP contribution in [0.1, 0.15) is 45.6 Å². The summed E-state index contributed by atoms with van der Waals surface area (Å²) in [4.78, 5) is 33.7. The number of amides is 1. The van der Waals surface area contributed by atoms with Gasteiger partial charge in [-0.2, -0.15) is 0 Å². The molecule has 0 spiro atoms. The molecule has 35 heavy (non-hydrogen) atoms. The molecule has 6 nitrogen and oxygen atoms in total. The zero-order chi connectivity index (χ0) is 25.0. The van der Waals surface area contributed by atoms with Gasteiger partial charge in [0.15, 0.2) is 0 Å². The lowest BCUT2D eigenvalue weighted by Gasteiger charge is -2.21. The third kappa shape index (κ3) is 6.59. The summed E-state index contributed by atoms with van der Waals surface area (Å²) in [5.74, 6) is 0.171. The molecule has 1 aliphatic heterocycles. The number of carbonyl (C=O) groups excluding carboxylic acids is 1. The van der Waals surface area contributed by atoms with E-state index in [0.717, 1.165) is 18.5 Å². The minimum absolute atomic E-state index is 0.128. The molecule has 2 aromatic carbocycles. The van der Waals surface area contributed by atoms with E-state index in [2.05, 4.69) is 22.4 Å². The van der Waals surface area contributed by atoms with Crippen molar-refractivity contribution in [1.29, 1.82) is 0 Å². The van der Waals surface area contributed by atoms with Crippen molar-refractivity contribution in [1.82, 2.24) is 19.8 Å². The summed E-state index contributed by atoms with van der Waals surface area (Å²) in [6.45, 7) is 9.03. The first kappa shape index (κ1) is 25.1. The molecule has 0 unspecified atom stereocenters. The van der Waals surface area contributed by atoms with Crippen molar-refractivity contribution < 1.29 is 4.79 Å². The highest BCUT2D eigenvalue weighted by Gasteiger charge is 2.19. The molecule has 1 amide bonds. The highest BCUT2D eigenvalue weighted by atomic mass is 35.5. The summed E-state index contributed by atoms with van der Waals surface area (Å²) in [5, 5.41) is 3.96. The van der Waals surface area contributed by atoms with Crippen molar-refractivity contribution in [3.63, 3.8) is 0 Å². The maximum Gasteiger partial charge on any atom is 0.262 e. The maximum absolute atomic E-state index is 13.6. The largest absolute Gasteiger partial charge is 0.350 e. The first-order valence-electron chi connectivity index (χ1n) is 12.2. The molecule has 1 saturated heterocycles. The molecular formula is C28H33ClN4O2. The molecule has 7 heteroatoms. The van der Waals surface area contributed by atoms with Crippen molar-refractivity contribution in [2.24, 2.45) is 0 Å². The number of benzene rings is 2. The minimum atomic E-state index is -0.409. The predicted molar refractivity (Wildman–Crippen MR) is 144 cm³/mol. The zero-order valence-electron chi connectivity index (χ0n) is 20.7. The number of hydrogen-bond donors (Lipinski definition) is 1. The van der Waals surface area contributed by atoms with Crippen LogP contribution in [0.25, 0.3) is 28.4 Å². The Labute approximate surface area is 211 Å². The number of nitrogens with one attached hydrogen (secondary N) is 1. The average Bonchev–Trinajstić information content (AvgIpc) is 3.31. The van der Waals surface area contributed by atoms with E-state index in [1.165, 1.54) is 30.5 Å². The molecule has 0 aliphatic carbocycles. The molecule has 4 rings (SSSR count). The van der Waals surface area contributed by atoms with E-state index in [0.29, 0.717) is 27.3 Å². The van der Waals surface area contributed by atoms with E-state index < -0.39 is 5.54 Å². The van der Waals surface area contributed by atoms with E-state index in [4.69, 9.17) is 16.6 Å². The van der Waals surface area contributed by atoms with Gasteiger partial charge in [-0.1, -0.05) is 42.0 Å². The van der Waals surface area contributed by atoms with Crippen LogP contribution < -0.4 is 10.9 Å². The molecule has 184 valence electrons. The Morgan fingerprint density at radius 3 is 2.63 bits per heavy atom. The Balaban J connectivity index is 1.69. The van der Waals surface area contributed by atoms with Gasteiger partial charge in [-0.3, -0.25) is 14.2 Å². The number of fused-ring (bicyclic) bond motifs is 1. The highest BCUT2D eigenvalue weighted by Crippen LogP contribution is 2.23. The average molecular weight is 493 g/mol. The van der Waals surface area contributed by atoms with Crippen molar-refractivity contribution in [3.8, 4) is 11.4 Å². The van der Waals surface area contributed by atoms with Crippen LogP contribution in [0.4, 0.5) is 0 Å². The Morgan fingerprint density at radius 1 is 1.14 bits per heavy atom. The van der Waals surface area contributed by atoms with Gasteiger partial charge in [0.1, 0.15) is 12.4 Å². The fourth-order valence-corrected chi connectivity index (χ4v) is 4.61. The van der Waals surface area contributed by atoms with Gasteiger partial charge in [0, 0.05) is 22.7 Å². The minimum Gasteiger partial charge on any atom is -0.350 e. The molecule has 1 aromatic heterocycles. The summed E-state index contributed by atoms with van der Waals surface area (Å²) in [7, 11) is 0. The van der Waals surface area contributed by atoms with E-state index in [-0.39, 0.29) is 18.0 Å². The fraction of sp³-hybridized carbons (Fsp3) is 0.393. The predicted octanol–water partition coefficient (Wildman–Crippen LogP) is 5.13. The topological polar surface area (TPSA) is 67.2 Å². The van der Waals surface area contributed by atoms with Crippen molar-refractivity contribution in [3.05, 3.63) is 69.5 Å². The first-order valence-corrected chi connectivity index (χ1v) is 12.6. The van der Waals surface area contributed by atoms with Gasteiger partial charge >= 0.3 is 0 Å². The molecule has 1 aliphatic rings. The van der Waals surface area contributed by atoms with Gasteiger partial charge in [-0.25, -0.2) is 4.98 Å². The molecule has 2 heterocycles. The quantitative estimate of drug-likeness (QED) is 0.496. The van der Waals surface area contributed by atoms with E-state index in [1.54, 1.807) is 12.1 Å². The first-order chi connectivity index (χ1) is 16.7. The summed E-state index contributed by atoms with van der Waals surface area (Å²) >= 11 is 6.22. The smallest absolute Gasteiger partial charge is 0.262 e. The van der Waals surface area contributed by atoms with Crippen LogP contribution in [0.3, 0.4) is 0 Å². The van der Waals surface area contributed by atoms with Gasteiger partial charge in [0.25, 0.3) is 5.56 Å². The second kappa shape index (κ2) is 10.8. The van der Waals surface area contributed by atoms with E-state index in [1.807, 2.05) is 51.1 Å². The molecule has 0 saturated carbocycles. The lowest BCUT2D eigenvalue weighted by Crippen LogP contribution is -2.43. The molecule has 0 radical (unpaired) electrons. The number of aromatic nitrogens is 2. The Bertz CT molecular complexity index is 1300. The summed E-state index contributed by atoms with van der Waals surface area (Å²) in [6, 6.07) is 12.9. The molecule has 0 atom stereocenters. The van der Waals surface area contributed by atoms with Crippen molar-refractivity contribution in [2.75, 3.05) is 19.6 Å². The highest BCUT2D eigenvalue weighted by molar-refractivity contribution is 6.30. The summed E-state index contributed by atoms with van der Waals surface area (Å²) in [6.07, 6.45) is 7.76. The van der Waals surface area contributed by atoms with Gasteiger partial charge in [-0.15, -0.1) is 0 Å². The molecule has 3 aromatic rings. The van der Waals surface area contributed by atoms with Crippen LogP contribution in [-0.2, 0) is 11.3 Å². The normalized spacial score (nSPS) is 14.7. The number of rotatable bonds is 7. The second-order valence-corrected chi connectivity index (χ2v) is 10.6. The standard InChI is InChI=1S/C28H33ClN4O2/c1-28(2,3)31-25(34)19-33-26(21-10-8-11-22(29)18-21)30-24-13-12-20(17-23(24)27(33)35)9-4-5-14-32-15-6-7-16-32/h4,8-13,17-18H,5-7,14-16,19H2,1-3H3,(H,31,34). The second-order valence-electron chi connectivity index (χ2n) is 10.2. The van der Waals surface area contributed by atoms with Crippen LogP contribution in [-0.4, -0.2) is 45.5 Å². The summed E-state index contributed by atoms with van der Waals surface area (Å²) < 4.78 is 1.44. The van der Waals surface area contributed by atoms with Gasteiger partial charge in [0.2, 0.25) is 5.91 Å². The molecule has 1 N–H and O–H groups in total. The third-order valence-corrected chi connectivity index (χ3v) is 6.23. The SMILES string of the molecule is CC(C)(C)NC(=O)Cn1c(-c2cccc(Cl)c2)nc2ccc(C=CCCN3CCCC3)cc2c1=O. The summed E-state index contributed by atoms with van der Waals surface area (Å²) in [5.41, 5.74) is 1.56. The Hall–Kier alpha value is -2.96. The third-order valence-electron chi connectivity index (χ3n) is 6.00. The number of likely N-dealkylation sites (tertiary alicyclic amines) is 1. The number of hydrogen-bond acceptors (Lipinski definition) is 4. The van der Waals surface area contributed by atoms with Crippen LogP contribution in [0, 0.1) is 0 Å². The fourth-order valence-electron chi connectivity index (χ4n) is 4.42. The van der Waals surface area contributed by atoms with Gasteiger partial charge < -0.3 is 10.2 Å². The number of halogens is 1. The van der Waals surface area contributed by atoms with Crippen molar-refractivity contribution in [2.45, 2.75) is 52.1 Å². The lowest BCUT2D eigenvalue weighted by molar-refractivity contribution is -0.123. The van der Waals surface area contributed by atoms with Crippen LogP contribution in [0.2, 0.25) is 5.02 Å². The lowest BCUT2D eigenvalue weighted by atomic mass is 10.1. The zero-order valence-corrected chi connectivity index (χ0v) is 21.4. The monoisotopic (exact) mass is 492 g/mol. The van der Waals surface area contributed by atoms with E-state index >= 15 is 0 Å². The molecular weight excluding hydrogens is 460 g/mol. The van der Waals surface area contributed by atoms with Crippen LogP contribution in [0.5, 0.6) is 0 Å². The number of carbonyl (C=O) groups is 1. The maximum atomic E-state index is 13.6. The van der Waals surface area contributed by atoms with Crippen LogP contribution >= 0.6 is 11.6 Å². The van der Waals surface area contributed by atoms with Crippen LogP contribution in [0.15, 0.2) is 53.3 Å². The Kier molecular flexibility index (Phi) is 7.72. The Morgan fingerprint density at radius 2 is 1.91 bits per heavy atom.